The normalized spacial score (nSPS) is 16.6. The highest BCUT2D eigenvalue weighted by atomic mass is 35.5. The molecule has 0 atom stereocenters. The van der Waals surface area contributed by atoms with E-state index in [1.54, 1.807) is 11.5 Å². The Labute approximate surface area is 246 Å². The van der Waals surface area contributed by atoms with E-state index in [1.165, 1.54) is 15.0 Å². The number of rotatable bonds is 8. The zero-order valence-electron chi connectivity index (χ0n) is 24.1. The third kappa shape index (κ3) is 6.29. The smallest absolute Gasteiger partial charge is 0.313 e. The Kier molecular flexibility index (Phi) is 8.15. The molecule has 2 aliphatic rings. The van der Waals surface area contributed by atoms with Gasteiger partial charge in [0.05, 0.1) is 22.2 Å². The van der Waals surface area contributed by atoms with E-state index >= 15 is 0 Å². The Hall–Kier alpha value is -2.68. The van der Waals surface area contributed by atoms with Crippen LogP contribution in [0.1, 0.15) is 52.2 Å². The highest BCUT2D eigenvalue weighted by Crippen LogP contribution is 2.37. The van der Waals surface area contributed by atoms with E-state index in [0.29, 0.717) is 17.9 Å². The molecule has 0 saturated carbocycles. The SMILES string of the molecule is CC(C)(C)CC(C)(C)C(=O)OCN1C(=O)Cc2cc(CCN3CCN(c4nsc5ccccc45)CC3)c(Cl)cc21. The summed E-state index contributed by atoms with van der Waals surface area (Å²) in [5.41, 5.74) is 2.09. The number of hydrogen-bond acceptors (Lipinski definition) is 7. The van der Waals surface area contributed by atoms with Gasteiger partial charge in [0.1, 0.15) is 5.82 Å². The molecule has 214 valence electrons. The fourth-order valence-corrected chi connectivity index (χ4v) is 7.10. The fraction of sp³-hybridized carbons (Fsp3) is 0.516. The van der Waals surface area contributed by atoms with E-state index < -0.39 is 5.41 Å². The van der Waals surface area contributed by atoms with Crippen LogP contribution in [0, 0.1) is 10.8 Å². The first-order valence-electron chi connectivity index (χ1n) is 14.0. The monoisotopic (exact) mass is 582 g/mol. The molecule has 40 heavy (non-hydrogen) atoms. The minimum atomic E-state index is -0.634. The molecule has 9 heteroatoms. The fourth-order valence-electron chi connectivity index (χ4n) is 6.06. The van der Waals surface area contributed by atoms with Crippen molar-refractivity contribution in [1.82, 2.24) is 9.27 Å². The van der Waals surface area contributed by atoms with E-state index in [9.17, 15) is 9.59 Å². The third-order valence-corrected chi connectivity index (χ3v) is 8.93. The molecular formula is C31H39ClN4O3S. The molecule has 1 fully saturated rings. The Morgan fingerprint density at radius 3 is 2.52 bits per heavy atom. The van der Waals surface area contributed by atoms with Crippen molar-refractivity contribution in [1.29, 1.82) is 0 Å². The average Bonchev–Trinajstić information content (AvgIpc) is 3.45. The van der Waals surface area contributed by atoms with E-state index in [0.717, 1.165) is 61.8 Å². The number of hydrogen-bond donors (Lipinski definition) is 0. The van der Waals surface area contributed by atoms with Crippen molar-refractivity contribution in [2.24, 2.45) is 10.8 Å². The number of nitrogens with zero attached hydrogens (tertiary/aromatic N) is 4. The lowest BCUT2D eigenvalue weighted by Crippen LogP contribution is -2.47. The van der Waals surface area contributed by atoms with Gasteiger partial charge in [-0.25, -0.2) is 0 Å². The van der Waals surface area contributed by atoms with Crippen molar-refractivity contribution in [3.63, 3.8) is 0 Å². The maximum Gasteiger partial charge on any atom is 0.313 e. The maximum absolute atomic E-state index is 12.8. The van der Waals surface area contributed by atoms with Crippen LogP contribution in [-0.2, 0) is 27.2 Å². The first kappa shape index (κ1) is 28.8. The zero-order chi connectivity index (χ0) is 28.7. The number of anilines is 2. The Balaban J connectivity index is 1.16. The standard InChI is InChI=1S/C31H39ClN4O3S/c1-30(2,3)19-31(4,5)29(38)39-20-36-25-18-24(32)21(16-22(25)17-27(36)37)10-11-34-12-14-35(15-13-34)28-23-8-6-7-9-26(23)40-33-28/h6-9,16,18H,10-15,17,19-20H2,1-5H3. The number of piperazine rings is 1. The number of carbonyl (C=O) groups is 2. The predicted molar refractivity (Wildman–Crippen MR) is 163 cm³/mol. The second kappa shape index (κ2) is 11.3. The zero-order valence-corrected chi connectivity index (χ0v) is 25.7. The largest absolute Gasteiger partial charge is 0.443 e. The van der Waals surface area contributed by atoms with Gasteiger partial charge in [-0.2, -0.15) is 4.37 Å². The van der Waals surface area contributed by atoms with Gasteiger partial charge >= 0.3 is 5.97 Å². The lowest BCUT2D eigenvalue weighted by molar-refractivity contribution is -0.155. The number of ether oxygens (including phenoxy) is 1. The van der Waals surface area contributed by atoms with Gasteiger partial charge in [0.2, 0.25) is 5.91 Å². The summed E-state index contributed by atoms with van der Waals surface area (Å²) in [6.45, 7) is 14.7. The molecule has 1 saturated heterocycles. The van der Waals surface area contributed by atoms with E-state index in [2.05, 4.69) is 60.9 Å². The molecule has 0 radical (unpaired) electrons. The number of fused-ring (bicyclic) bond motifs is 2. The lowest BCUT2D eigenvalue weighted by atomic mass is 9.76. The topological polar surface area (TPSA) is 66.0 Å². The van der Waals surface area contributed by atoms with Gasteiger partial charge in [-0.3, -0.25) is 19.4 Å². The molecular weight excluding hydrogens is 544 g/mol. The van der Waals surface area contributed by atoms with Crippen molar-refractivity contribution in [3.8, 4) is 0 Å². The van der Waals surface area contributed by atoms with Crippen LogP contribution in [-0.4, -0.2) is 60.6 Å². The van der Waals surface area contributed by atoms with Gasteiger partial charge in [-0.1, -0.05) is 50.6 Å². The van der Waals surface area contributed by atoms with Crippen LogP contribution in [0.3, 0.4) is 0 Å². The molecule has 5 rings (SSSR count). The van der Waals surface area contributed by atoms with Crippen LogP contribution in [0.15, 0.2) is 36.4 Å². The third-order valence-electron chi connectivity index (χ3n) is 7.76. The molecule has 2 aliphatic heterocycles. The lowest BCUT2D eigenvalue weighted by Gasteiger charge is -2.35. The first-order chi connectivity index (χ1) is 18.9. The quantitative estimate of drug-likeness (QED) is 0.296. The molecule has 3 aromatic rings. The van der Waals surface area contributed by atoms with Gasteiger partial charge in [0.15, 0.2) is 6.73 Å². The molecule has 2 aromatic carbocycles. The number of halogens is 1. The van der Waals surface area contributed by atoms with E-state index in [1.807, 2.05) is 19.9 Å². The molecule has 0 aliphatic carbocycles. The summed E-state index contributed by atoms with van der Waals surface area (Å²) >= 11 is 8.28. The molecule has 1 amide bonds. The number of amides is 1. The molecule has 0 spiro atoms. The number of aromatic nitrogens is 1. The number of esters is 1. The summed E-state index contributed by atoms with van der Waals surface area (Å²) < 4.78 is 11.6. The summed E-state index contributed by atoms with van der Waals surface area (Å²) in [6.07, 6.45) is 1.80. The van der Waals surface area contributed by atoms with Crippen LogP contribution in [0.5, 0.6) is 0 Å². The summed E-state index contributed by atoms with van der Waals surface area (Å²) in [4.78, 5) is 32.0. The van der Waals surface area contributed by atoms with Crippen LogP contribution >= 0.6 is 23.1 Å². The van der Waals surface area contributed by atoms with Crippen molar-refractivity contribution in [3.05, 3.63) is 52.5 Å². The predicted octanol–water partition coefficient (Wildman–Crippen LogP) is 6.17. The molecule has 0 N–H and O–H groups in total. The minimum Gasteiger partial charge on any atom is -0.443 e. The second-order valence-corrected chi connectivity index (χ2v) is 14.0. The highest BCUT2D eigenvalue weighted by Gasteiger charge is 2.36. The molecule has 3 heterocycles. The van der Waals surface area contributed by atoms with Gasteiger partial charge in [0.25, 0.3) is 0 Å². The van der Waals surface area contributed by atoms with Crippen molar-refractivity contribution < 1.29 is 14.3 Å². The summed E-state index contributed by atoms with van der Waals surface area (Å²) in [7, 11) is 0. The van der Waals surface area contributed by atoms with Crippen LogP contribution in [0.2, 0.25) is 5.02 Å². The second-order valence-electron chi connectivity index (χ2n) is 12.8. The Morgan fingerprint density at radius 1 is 1.07 bits per heavy atom. The highest BCUT2D eigenvalue weighted by molar-refractivity contribution is 7.13. The van der Waals surface area contributed by atoms with Crippen molar-refractivity contribution in [2.75, 3.05) is 49.3 Å². The van der Waals surface area contributed by atoms with Gasteiger partial charge in [0, 0.05) is 43.1 Å². The van der Waals surface area contributed by atoms with Gasteiger partial charge in [-0.05, 0) is 73.0 Å². The first-order valence-corrected chi connectivity index (χ1v) is 15.2. The van der Waals surface area contributed by atoms with Crippen molar-refractivity contribution >= 4 is 56.6 Å². The van der Waals surface area contributed by atoms with Crippen LogP contribution < -0.4 is 9.80 Å². The number of carbonyl (C=O) groups excluding carboxylic acids is 2. The van der Waals surface area contributed by atoms with Crippen LogP contribution in [0.25, 0.3) is 10.1 Å². The van der Waals surface area contributed by atoms with E-state index in [4.69, 9.17) is 20.7 Å². The average molecular weight is 583 g/mol. The molecule has 7 nitrogen and oxygen atoms in total. The summed E-state index contributed by atoms with van der Waals surface area (Å²) in [5, 5.41) is 1.88. The minimum absolute atomic E-state index is 0.00772. The maximum atomic E-state index is 12.8. The summed E-state index contributed by atoms with van der Waals surface area (Å²) in [6, 6.07) is 12.3. The summed E-state index contributed by atoms with van der Waals surface area (Å²) in [5.74, 6) is 0.726. The van der Waals surface area contributed by atoms with Gasteiger partial charge in [-0.15, -0.1) is 0 Å². The van der Waals surface area contributed by atoms with Crippen molar-refractivity contribution in [2.45, 2.75) is 53.9 Å². The molecule has 0 unspecified atom stereocenters. The molecule has 0 bridgehead atoms. The van der Waals surface area contributed by atoms with E-state index in [-0.39, 0.29) is 24.0 Å². The Bertz CT molecular complexity index is 1410. The van der Waals surface area contributed by atoms with Crippen LogP contribution in [0.4, 0.5) is 11.5 Å². The Morgan fingerprint density at radius 2 is 1.80 bits per heavy atom. The number of benzene rings is 2. The molecule has 1 aromatic heterocycles. The van der Waals surface area contributed by atoms with Gasteiger partial charge < -0.3 is 9.64 Å².